The SMILES string of the molecule is CCOC(=O)C1(NC)CCCC(SC2CCCCC2)C1. The summed E-state index contributed by atoms with van der Waals surface area (Å²) in [7, 11) is 1.91. The van der Waals surface area contributed by atoms with Crippen molar-refractivity contribution < 1.29 is 9.53 Å². The number of carbonyl (C=O) groups is 1. The molecule has 0 spiro atoms. The van der Waals surface area contributed by atoms with Crippen LogP contribution in [-0.4, -0.2) is 35.7 Å². The maximum atomic E-state index is 12.3. The normalized spacial score (nSPS) is 32.0. The Morgan fingerprint density at radius 3 is 2.55 bits per heavy atom. The maximum absolute atomic E-state index is 12.3. The van der Waals surface area contributed by atoms with Gasteiger partial charge in [-0.1, -0.05) is 19.3 Å². The number of esters is 1. The Hall–Kier alpha value is -0.220. The summed E-state index contributed by atoms with van der Waals surface area (Å²) >= 11 is 2.15. The molecular weight excluding hydrogens is 270 g/mol. The minimum atomic E-state index is -0.430. The van der Waals surface area contributed by atoms with Gasteiger partial charge in [0.05, 0.1) is 6.61 Å². The van der Waals surface area contributed by atoms with Gasteiger partial charge in [0.1, 0.15) is 5.54 Å². The van der Waals surface area contributed by atoms with Crippen molar-refractivity contribution in [2.75, 3.05) is 13.7 Å². The highest BCUT2D eigenvalue weighted by atomic mass is 32.2. The van der Waals surface area contributed by atoms with Crippen molar-refractivity contribution in [3.8, 4) is 0 Å². The fourth-order valence-corrected chi connectivity index (χ4v) is 5.43. The van der Waals surface area contributed by atoms with Crippen LogP contribution >= 0.6 is 11.8 Å². The fraction of sp³-hybridized carbons (Fsp3) is 0.938. The Morgan fingerprint density at radius 1 is 1.20 bits per heavy atom. The standard InChI is InChI=1S/C16H29NO2S/c1-3-19-15(18)16(17-2)11-7-10-14(12-16)20-13-8-5-4-6-9-13/h13-14,17H,3-12H2,1-2H3. The number of likely N-dealkylation sites (N-methyl/N-ethyl adjacent to an activating group) is 1. The molecule has 0 saturated heterocycles. The quantitative estimate of drug-likeness (QED) is 0.788. The molecule has 2 unspecified atom stereocenters. The van der Waals surface area contributed by atoms with Crippen LogP contribution in [0.25, 0.3) is 0 Å². The van der Waals surface area contributed by atoms with E-state index in [1.54, 1.807) is 0 Å². The van der Waals surface area contributed by atoms with E-state index in [1.165, 1.54) is 38.5 Å². The molecule has 0 bridgehead atoms. The van der Waals surface area contributed by atoms with Crippen molar-refractivity contribution in [1.82, 2.24) is 5.32 Å². The molecule has 2 saturated carbocycles. The minimum Gasteiger partial charge on any atom is -0.465 e. The molecule has 0 aromatic heterocycles. The molecule has 2 fully saturated rings. The molecule has 2 aliphatic rings. The third-order valence-corrected chi connectivity index (χ3v) is 6.43. The van der Waals surface area contributed by atoms with Gasteiger partial charge in [-0.3, -0.25) is 4.79 Å². The molecule has 2 rings (SSSR count). The molecular formula is C16H29NO2S. The van der Waals surface area contributed by atoms with E-state index < -0.39 is 5.54 Å². The van der Waals surface area contributed by atoms with Crippen LogP contribution in [0.3, 0.4) is 0 Å². The molecule has 0 amide bonds. The Kier molecular flexibility index (Phi) is 6.21. The van der Waals surface area contributed by atoms with Gasteiger partial charge in [0.15, 0.2) is 0 Å². The first kappa shape index (κ1) is 16.2. The van der Waals surface area contributed by atoms with Crippen molar-refractivity contribution in [2.24, 2.45) is 0 Å². The molecule has 116 valence electrons. The zero-order valence-corrected chi connectivity index (χ0v) is 13.8. The van der Waals surface area contributed by atoms with Gasteiger partial charge in [-0.15, -0.1) is 0 Å². The third kappa shape index (κ3) is 3.91. The van der Waals surface area contributed by atoms with E-state index in [1.807, 2.05) is 14.0 Å². The molecule has 2 aliphatic carbocycles. The van der Waals surface area contributed by atoms with Crippen LogP contribution in [0, 0.1) is 0 Å². The lowest BCUT2D eigenvalue weighted by atomic mass is 9.81. The number of thioether (sulfide) groups is 1. The molecule has 0 aromatic rings. The summed E-state index contributed by atoms with van der Waals surface area (Å²) in [6.07, 6.45) is 11.2. The Balaban J connectivity index is 1.93. The Labute approximate surface area is 127 Å². The van der Waals surface area contributed by atoms with E-state index in [9.17, 15) is 4.79 Å². The largest absolute Gasteiger partial charge is 0.465 e. The van der Waals surface area contributed by atoms with Crippen molar-refractivity contribution in [3.63, 3.8) is 0 Å². The number of nitrogens with one attached hydrogen (secondary N) is 1. The molecule has 0 aliphatic heterocycles. The molecule has 0 aromatic carbocycles. The number of rotatable bonds is 5. The molecule has 0 radical (unpaired) electrons. The number of hydrogen-bond donors (Lipinski definition) is 1. The van der Waals surface area contributed by atoms with E-state index in [-0.39, 0.29) is 5.97 Å². The smallest absolute Gasteiger partial charge is 0.326 e. The van der Waals surface area contributed by atoms with Crippen LogP contribution in [0.1, 0.15) is 64.7 Å². The van der Waals surface area contributed by atoms with Crippen molar-refractivity contribution in [3.05, 3.63) is 0 Å². The van der Waals surface area contributed by atoms with E-state index in [4.69, 9.17) is 4.74 Å². The number of ether oxygens (including phenoxy) is 1. The lowest BCUT2D eigenvalue weighted by Gasteiger charge is -2.39. The first-order valence-electron chi connectivity index (χ1n) is 8.22. The summed E-state index contributed by atoms with van der Waals surface area (Å²) in [5.41, 5.74) is -0.430. The second-order valence-corrected chi connectivity index (χ2v) is 7.77. The van der Waals surface area contributed by atoms with Gasteiger partial charge in [-0.05, 0) is 52.5 Å². The van der Waals surface area contributed by atoms with E-state index >= 15 is 0 Å². The zero-order chi connectivity index (χ0) is 14.4. The van der Waals surface area contributed by atoms with Crippen LogP contribution in [0.15, 0.2) is 0 Å². The topological polar surface area (TPSA) is 38.3 Å². The van der Waals surface area contributed by atoms with Gasteiger partial charge in [-0.2, -0.15) is 11.8 Å². The minimum absolute atomic E-state index is 0.0450. The van der Waals surface area contributed by atoms with Crippen molar-refractivity contribution in [2.45, 2.75) is 80.7 Å². The summed E-state index contributed by atoms with van der Waals surface area (Å²) in [5, 5.41) is 4.72. The van der Waals surface area contributed by atoms with Gasteiger partial charge in [-0.25, -0.2) is 0 Å². The molecule has 1 N–H and O–H groups in total. The second kappa shape index (κ2) is 7.69. The molecule has 2 atom stereocenters. The highest BCUT2D eigenvalue weighted by molar-refractivity contribution is 8.00. The first-order valence-corrected chi connectivity index (χ1v) is 9.16. The predicted molar refractivity (Wildman–Crippen MR) is 85.1 cm³/mol. The van der Waals surface area contributed by atoms with Crippen LogP contribution in [0.5, 0.6) is 0 Å². The lowest BCUT2D eigenvalue weighted by Crippen LogP contribution is -2.55. The monoisotopic (exact) mass is 299 g/mol. The highest BCUT2D eigenvalue weighted by Crippen LogP contribution is 2.40. The second-order valence-electron chi connectivity index (χ2n) is 6.17. The van der Waals surface area contributed by atoms with Crippen LogP contribution in [0.4, 0.5) is 0 Å². The van der Waals surface area contributed by atoms with Gasteiger partial charge in [0, 0.05) is 10.5 Å². The average Bonchev–Trinajstić information content (AvgIpc) is 2.48. The van der Waals surface area contributed by atoms with Crippen molar-refractivity contribution >= 4 is 17.7 Å². The number of carbonyl (C=O) groups excluding carboxylic acids is 1. The summed E-state index contributed by atoms with van der Waals surface area (Å²) in [6, 6.07) is 0. The van der Waals surface area contributed by atoms with E-state index in [0.717, 1.165) is 24.5 Å². The van der Waals surface area contributed by atoms with Crippen LogP contribution < -0.4 is 5.32 Å². The highest BCUT2D eigenvalue weighted by Gasteiger charge is 2.43. The van der Waals surface area contributed by atoms with Gasteiger partial charge < -0.3 is 10.1 Å². The summed E-state index contributed by atoms with van der Waals surface area (Å²) in [5.74, 6) is -0.0450. The average molecular weight is 299 g/mol. The third-order valence-electron chi connectivity index (χ3n) is 4.79. The molecule has 20 heavy (non-hydrogen) atoms. The van der Waals surface area contributed by atoms with Crippen LogP contribution in [-0.2, 0) is 9.53 Å². The van der Waals surface area contributed by atoms with Gasteiger partial charge in [0.2, 0.25) is 0 Å². The molecule has 4 heteroatoms. The summed E-state index contributed by atoms with van der Waals surface area (Å²) in [4.78, 5) is 12.3. The Bertz CT molecular complexity index is 318. The number of hydrogen-bond acceptors (Lipinski definition) is 4. The van der Waals surface area contributed by atoms with E-state index in [0.29, 0.717) is 11.9 Å². The summed E-state index contributed by atoms with van der Waals surface area (Å²) < 4.78 is 5.30. The predicted octanol–water partition coefficient (Wildman–Crippen LogP) is 3.52. The first-order chi connectivity index (χ1) is 9.70. The van der Waals surface area contributed by atoms with Crippen molar-refractivity contribution in [1.29, 1.82) is 0 Å². The summed E-state index contributed by atoms with van der Waals surface area (Å²) in [6.45, 7) is 2.36. The lowest BCUT2D eigenvalue weighted by molar-refractivity contribution is -0.152. The molecule has 0 heterocycles. The van der Waals surface area contributed by atoms with Gasteiger partial charge >= 0.3 is 5.97 Å². The Morgan fingerprint density at radius 2 is 1.90 bits per heavy atom. The maximum Gasteiger partial charge on any atom is 0.326 e. The zero-order valence-electron chi connectivity index (χ0n) is 13.0. The van der Waals surface area contributed by atoms with E-state index in [2.05, 4.69) is 17.1 Å². The fourth-order valence-electron chi connectivity index (χ4n) is 3.60. The molecule has 3 nitrogen and oxygen atoms in total. The van der Waals surface area contributed by atoms with Crippen LogP contribution in [0.2, 0.25) is 0 Å². The van der Waals surface area contributed by atoms with Gasteiger partial charge in [0.25, 0.3) is 0 Å².